The van der Waals surface area contributed by atoms with Crippen LogP contribution < -0.4 is 4.90 Å². The Morgan fingerprint density at radius 2 is 1.05 bits per heavy atom. The summed E-state index contributed by atoms with van der Waals surface area (Å²) in [5.41, 5.74) is 18.3. The van der Waals surface area contributed by atoms with E-state index in [-0.39, 0.29) is 5.92 Å². The van der Waals surface area contributed by atoms with Crippen molar-refractivity contribution in [2.45, 2.75) is 17.8 Å². The number of furan rings is 2. The van der Waals surface area contributed by atoms with Gasteiger partial charge in [0, 0.05) is 50.5 Å². The zero-order valence-electron chi connectivity index (χ0n) is 33.7. The Hall–Kier alpha value is -7.88. The molecule has 0 aliphatic heterocycles. The molecule has 3 heteroatoms. The van der Waals surface area contributed by atoms with Gasteiger partial charge in [-0.2, -0.15) is 0 Å². The maximum atomic E-state index is 7.05. The number of rotatable bonds is 4. The van der Waals surface area contributed by atoms with Crippen molar-refractivity contribution in [1.29, 1.82) is 0 Å². The van der Waals surface area contributed by atoms with E-state index in [4.69, 9.17) is 8.83 Å². The Bertz CT molecular complexity index is 3650. The molecule has 11 aromatic rings. The van der Waals surface area contributed by atoms with Crippen LogP contribution in [0.25, 0.3) is 72.0 Å². The van der Waals surface area contributed by atoms with Crippen molar-refractivity contribution in [1.82, 2.24) is 0 Å². The van der Waals surface area contributed by atoms with Gasteiger partial charge in [-0.15, -0.1) is 0 Å². The highest BCUT2D eigenvalue weighted by Crippen LogP contribution is 2.63. The SMILES string of the molecule is C1=Cc2c(oc3c2ccc2ccccc23)C(c2ccccc2N(c2ccc3c(c2)C2(c4ccccc4-c4ccccc42)c2ccccc2-3)c2ccc3c(c2)oc2ccccc23)C1. The van der Waals surface area contributed by atoms with Crippen LogP contribution in [0.2, 0.25) is 0 Å². The third-order valence-corrected chi connectivity index (χ3v) is 14.0. The van der Waals surface area contributed by atoms with E-state index in [0.29, 0.717) is 0 Å². The highest BCUT2D eigenvalue weighted by atomic mass is 16.3. The maximum absolute atomic E-state index is 7.05. The number of hydrogen-bond acceptors (Lipinski definition) is 3. The standard InChI is InChI=1S/C59H37NO2/c1-2-15-39-36(14-1)28-31-49-48-22-13-21-47(58(48)62-57(39)49)44-19-6-11-26-54(44)60(38-30-33-46-45-20-7-12-27-55(45)61-56(46)35-38)37-29-32-43-42-18-5-10-25-52(42)59(53(43)34-37)50-23-8-3-16-40(50)41-17-4-9-24-51(41)59/h1-20,22-35,47H,21H2. The van der Waals surface area contributed by atoms with Crippen LogP contribution in [-0.2, 0) is 5.41 Å². The molecule has 3 aliphatic carbocycles. The van der Waals surface area contributed by atoms with Crippen LogP contribution in [0, 0.1) is 0 Å². The first-order valence-corrected chi connectivity index (χ1v) is 21.6. The number of para-hydroxylation sites is 2. The predicted molar refractivity (Wildman–Crippen MR) is 254 cm³/mol. The van der Waals surface area contributed by atoms with Gasteiger partial charge in [0.15, 0.2) is 0 Å². The minimum absolute atomic E-state index is 0.00611. The molecule has 62 heavy (non-hydrogen) atoms. The van der Waals surface area contributed by atoms with E-state index in [0.717, 1.165) is 67.5 Å². The summed E-state index contributed by atoms with van der Waals surface area (Å²) in [6, 6.07) is 71.2. The minimum Gasteiger partial charge on any atom is -0.459 e. The second-order valence-electron chi connectivity index (χ2n) is 17.0. The molecule has 3 aliphatic rings. The average molecular weight is 792 g/mol. The molecular weight excluding hydrogens is 755 g/mol. The summed E-state index contributed by atoms with van der Waals surface area (Å²) in [5.74, 6) is 1.01. The number of fused-ring (bicyclic) bond motifs is 18. The molecule has 0 saturated heterocycles. The van der Waals surface area contributed by atoms with Crippen molar-refractivity contribution in [2.24, 2.45) is 0 Å². The molecule has 3 nitrogen and oxygen atoms in total. The Morgan fingerprint density at radius 1 is 0.452 bits per heavy atom. The summed E-state index contributed by atoms with van der Waals surface area (Å²) >= 11 is 0. The van der Waals surface area contributed by atoms with Crippen LogP contribution >= 0.6 is 0 Å². The Morgan fingerprint density at radius 3 is 1.84 bits per heavy atom. The fourth-order valence-corrected chi connectivity index (χ4v) is 11.5. The van der Waals surface area contributed by atoms with Gasteiger partial charge in [-0.1, -0.05) is 158 Å². The van der Waals surface area contributed by atoms with Crippen molar-refractivity contribution in [2.75, 3.05) is 4.90 Å². The molecule has 0 amide bonds. The second kappa shape index (κ2) is 12.6. The second-order valence-corrected chi connectivity index (χ2v) is 17.0. The zero-order chi connectivity index (χ0) is 40.5. The summed E-state index contributed by atoms with van der Waals surface area (Å²) in [6.45, 7) is 0. The fraction of sp³-hybridized carbons (Fsp3) is 0.0508. The van der Waals surface area contributed by atoms with Crippen LogP contribution in [-0.4, -0.2) is 0 Å². The van der Waals surface area contributed by atoms with E-state index < -0.39 is 5.41 Å². The molecule has 0 N–H and O–H groups in total. The van der Waals surface area contributed by atoms with Gasteiger partial charge in [0.05, 0.1) is 11.1 Å². The molecule has 9 aromatic carbocycles. The van der Waals surface area contributed by atoms with E-state index in [2.05, 4.69) is 205 Å². The first kappa shape index (κ1) is 33.9. The van der Waals surface area contributed by atoms with Crippen LogP contribution in [0.5, 0.6) is 0 Å². The van der Waals surface area contributed by atoms with E-state index in [1.54, 1.807) is 0 Å². The molecule has 2 aromatic heterocycles. The molecular formula is C59H37NO2. The Labute approximate surface area is 358 Å². The number of nitrogens with zero attached hydrogens (tertiary/aromatic N) is 1. The lowest BCUT2D eigenvalue weighted by Gasteiger charge is -2.33. The largest absolute Gasteiger partial charge is 0.459 e. The van der Waals surface area contributed by atoms with Gasteiger partial charge in [0.2, 0.25) is 0 Å². The molecule has 0 fully saturated rings. The lowest BCUT2D eigenvalue weighted by molar-refractivity contribution is 0.519. The van der Waals surface area contributed by atoms with Crippen molar-refractivity contribution >= 4 is 66.8 Å². The van der Waals surface area contributed by atoms with E-state index in [1.165, 1.54) is 61.0 Å². The smallest absolute Gasteiger partial charge is 0.142 e. The highest BCUT2D eigenvalue weighted by molar-refractivity contribution is 6.08. The first-order chi connectivity index (χ1) is 30.8. The fourth-order valence-electron chi connectivity index (χ4n) is 11.5. The first-order valence-electron chi connectivity index (χ1n) is 21.6. The Kier molecular flexibility index (Phi) is 6.88. The van der Waals surface area contributed by atoms with Crippen LogP contribution in [0.3, 0.4) is 0 Å². The van der Waals surface area contributed by atoms with Gasteiger partial charge in [0.25, 0.3) is 0 Å². The van der Waals surface area contributed by atoms with Gasteiger partial charge in [-0.05, 0) is 104 Å². The summed E-state index contributed by atoms with van der Waals surface area (Å²) in [7, 11) is 0. The third-order valence-electron chi connectivity index (χ3n) is 14.0. The van der Waals surface area contributed by atoms with Crippen LogP contribution in [0.15, 0.2) is 209 Å². The monoisotopic (exact) mass is 791 g/mol. The normalized spacial score (nSPS) is 15.3. The van der Waals surface area contributed by atoms with E-state index in [9.17, 15) is 0 Å². The molecule has 2 heterocycles. The van der Waals surface area contributed by atoms with Crippen LogP contribution in [0.4, 0.5) is 17.1 Å². The molecule has 0 bridgehead atoms. The lowest BCUT2D eigenvalue weighted by atomic mass is 9.70. The van der Waals surface area contributed by atoms with Crippen molar-refractivity contribution in [3.8, 4) is 22.3 Å². The number of anilines is 3. The maximum Gasteiger partial charge on any atom is 0.142 e. The average Bonchev–Trinajstić information content (AvgIpc) is 4.07. The molecule has 1 spiro atoms. The number of hydrogen-bond donors (Lipinski definition) is 0. The minimum atomic E-state index is -0.469. The molecule has 290 valence electrons. The van der Waals surface area contributed by atoms with Gasteiger partial charge < -0.3 is 13.7 Å². The quantitative estimate of drug-likeness (QED) is 0.178. The topological polar surface area (TPSA) is 29.5 Å². The highest BCUT2D eigenvalue weighted by Gasteiger charge is 2.51. The summed E-state index contributed by atoms with van der Waals surface area (Å²) in [4.78, 5) is 2.46. The predicted octanol–water partition coefficient (Wildman–Crippen LogP) is 15.8. The summed E-state index contributed by atoms with van der Waals surface area (Å²) in [5, 5.41) is 5.71. The number of benzene rings is 9. The molecule has 1 unspecified atom stereocenters. The summed E-state index contributed by atoms with van der Waals surface area (Å²) in [6.07, 6.45) is 5.41. The van der Waals surface area contributed by atoms with Gasteiger partial charge in [0.1, 0.15) is 22.5 Å². The zero-order valence-corrected chi connectivity index (χ0v) is 33.7. The molecule has 0 saturated carbocycles. The van der Waals surface area contributed by atoms with Gasteiger partial charge >= 0.3 is 0 Å². The Balaban J connectivity index is 1.03. The van der Waals surface area contributed by atoms with Crippen LogP contribution in [0.1, 0.15) is 51.5 Å². The molecule has 14 rings (SSSR count). The third kappa shape index (κ3) is 4.44. The van der Waals surface area contributed by atoms with E-state index in [1.807, 2.05) is 6.07 Å². The van der Waals surface area contributed by atoms with Crippen molar-refractivity contribution < 1.29 is 8.83 Å². The van der Waals surface area contributed by atoms with Crippen molar-refractivity contribution in [3.05, 3.63) is 239 Å². The van der Waals surface area contributed by atoms with E-state index >= 15 is 0 Å². The molecule has 0 radical (unpaired) electrons. The lowest BCUT2D eigenvalue weighted by Crippen LogP contribution is -2.26. The molecule has 1 atom stereocenters. The van der Waals surface area contributed by atoms with Gasteiger partial charge in [-0.25, -0.2) is 0 Å². The van der Waals surface area contributed by atoms with Gasteiger partial charge in [-0.3, -0.25) is 0 Å². The summed E-state index contributed by atoms with van der Waals surface area (Å²) < 4.78 is 13.6. The van der Waals surface area contributed by atoms with Crippen molar-refractivity contribution in [3.63, 3.8) is 0 Å². The number of allylic oxidation sites excluding steroid dienone is 1.